The van der Waals surface area contributed by atoms with Crippen LogP contribution in [0.3, 0.4) is 0 Å². The average Bonchev–Trinajstić information content (AvgIpc) is 2.88. The molecule has 2 aromatic rings. The Hall–Kier alpha value is -2.92. The van der Waals surface area contributed by atoms with Gasteiger partial charge >= 0.3 is 5.76 Å². The van der Waals surface area contributed by atoms with Gasteiger partial charge in [0.15, 0.2) is 0 Å². The van der Waals surface area contributed by atoms with E-state index in [1.54, 1.807) is 31.2 Å². The highest BCUT2D eigenvalue weighted by Crippen LogP contribution is 2.24. The fourth-order valence-corrected chi connectivity index (χ4v) is 5.14. The van der Waals surface area contributed by atoms with Crippen LogP contribution in [0.25, 0.3) is 11.0 Å². The number of carbonyl (C=O) groups is 1. The first-order valence-corrected chi connectivity index (χ1v) is 14.0. The van der Waals surface area contributed by atoms with Crippen LogP contribution in [0.15, 0.2) is 33.5 Å². The number of anilines is 1. The smallest absolute Gasteiger partial charge is 0.408 e. The highest BCUT2D eigenvalue weighted by atomic mass is 16.4. The Morgan fingerprint density at radius 3 is 2.49 bits per heavy atom. The van der Waals surface area contributed by atoms with E-state index in [4.69, 9.17) is 4.42 Å². The van der Waals surface area contributed by atoms with Gasteiger partial charge in [-0.15, -0.1) is 0 Å². The van der Waals surface area contributed by atoms with E-state index in [0.29, 0.717) is 29.6 Å². The molecule has 8 nitrogen and oxygen atoms in total. The predicted molar refractivity (Wildman–Crippen MR) is 147 cm³/mol. The molecule has 2 N–H and O–H groups in total. The third-order valence-corrected chi connectivity index (χ3v) is 7.51. The minimum atomic E-state index is -0.859. The van der Waals surface area contributed by atoms with Crippen molar-refractivity contribution in [2.24, 2.45) is 5.92 Å². The summed E-state index contributed by atoms with van der Waals surface area (Å²) in [6, 6.07) is 8.62. The fourth-order valence-electron chi connectivity index (χ4n) is 5.14. The van der Waals surface area contributed by atoms with Crippen LogP contribution in [0.1, 0.15) is 85.0 Å². The Balaban J connectivity index is 0.000000356. The zero-order valence-corrected chi connectivity index (χ0v) is 22.7. The molecule has 0 radical (unpaired) electrons. The number of likely N-dealkylation sites (tertiary alicyclic amines) is 1. The van der Waals surface area contributed by atoms with E-state index in [2.05, 4.69) is 40.4 Å². The van der Waals surface area contributed by atoms with Gasteiger partial charge < -0.3 is 20.0 Å². The predicted octanol–water partition coefficient (Wildman–Crippen LogP) is 5.24. The van der Waals surface area contributed by atoms with E-state index in [1.165, 1.54) is 44.9 Å². The van der Waals surface area contributed by atoms with Gasteiger partial charge in [0.2, 0.25) is 5.91 Å². The summed E-state index contributed by atoms with van der Waals surface area (Å²) >= 11 is 0. The molecular weight excluding hydrogens is 466 g/mol. The lowest BCUT2D eigenvalue weighted by Crippen LogP contribution is -2.57. The number of amides is 1. The van der Waals surface area contributed by atoms with Gasteiger partial charge in [0.1, 0.15) is 23.0 Å². The summed E-state index contributed by atoms with van der Waals surface area (Å²) in [6.07, 6.45) is 12.7. The van der Waals surface area contributed by atoms with Crippen LogP contribution in [0.5, 0.6) is 0 Å². The van der Waals surface area contributed by atoms with Gasteiger partial charge in [0.25, 0.3) is 0 Å². The lowest BCUT2D eigenvalue weighted by molar-refractivity contribution is -0.123. The van der Waals surface area contributed by atoms with Crippen molar-refractivity contribution in [1.29, 1.82) is 5.26 Å². The molecule has 1 saturated heterocycles. The first-order chi connectivity index (χ1) is 17.9. The maximum Gasteiger partial charge on any atom is 0.441 e. The molecule has 1 atom stereocenters. The molecule has 1 aromatic carbocycles. The number of piperidine rings is 1. The monoisotopic (exact) mass is 509 g/mol. The number of rotatable bonds is 6. The molecule has 1 amide bonds. The van der Waals surface area contributed by atoms with Crippen LogP contribution >= 0.6 is 0 Å². The Bertz CT molecular complexity index is 1090. The molecule has 1 aromatic heterocycles. The summed E-state index contributed by atoms with van der Waals surface area (Å²) in [4.78, 5) is 30.6. The quantitative estimate of drug-likeness (QED) is 0.548. The molecule has 2 fully saturated rings. The van der Waals surface area contributed by atoms with Crippen molar-refractivity contribution in [2.75, 3.05) is 25.0 Å². The summed E-state index contributed by atoms with van der Waals surface area (Å²) < 4.78 is 5.07. The van der Waals surface area contributed by atoms with Crippen LogP contribution in [0.2, 0.25) is 0 Å². The van der Waals surface area contributed by atoms with Crippen molar-refractivity contribution in [3.05, 3.63) is 34.8 Å². The second-order valence-corrected chi connectivity index (χ2v) is 10.7. The van der Waals surface area contributed by atoms with Gasteiger partial charge in [0.05, 0.1) is 11.5 Å². The molecular formula is C29H43N5O3. The van der Waals surface area contributed by atoms with E-state index in [0.717, 1.165) is 32.0 Å². The molecule has 1 unspecified atom stereocenters. The number of hydrogen-bond acceptors (Lipinski definition) is 7. The molecule has 0 spiro atoms. The van der Waals surface area contributed by atoms with Crippen molar-refractivity contribution < 1.29 is 9.21 Å². The first-order valence-electron chi connectivity index (χ1n) is 14.0. The SMILES string of the molecule is CC1CCCCCCC1.CCCN1CCC(C#N)(NC(=O)C(C)Nc2nc(=O)oc3ccccc23)CC1. The highest BCUT2D eigenvalue weighted by molar-refractivity contribution is 5.91. The van der Waals surface area contributed by atoms with Gasteiger partial charge in [-0.2, -0.15) is 10.2 Å². The van der Waals surface area contributed by atoms with Gasteiger partial charge in [-0.05, 0) is 50.8 Å². The molecule has 1 aliphatic heterocycles. The number of carbonyl (C=O) groups excluding carboxylic acids is 1. The van der Waals surface area contributed by atoms with Crippen LogP contribution in [0.4, 0.5) is 5.82 Å². The zero-order valence-electron chi connectivity index (χ0n) is 22.7. The Kier molecular flexibility index (Phi) is 10.9. The van der Waals surface area contributed by atoms with Crippen molar-refractivity contribution in [3.63, 3.8) is 0 Å². The molecule has 37 heavy (non-hydrogen) atoms. The van der Waals surface area contributed by atoms with Crippen LogP contribution < -0.4 is 16.4 Å². The van der Waals surface area contributed by atoms with Crippen molar-refractivity contribution in [1.82, 2.24) is 15.2 Å². The topological polar surface area (TPSA) is 111 Å². The molecule has 1 saturated carbocycles. The maximum atomic E-state index is 12.7. The summed E-state index contributed by atoms with van der Waals surface area (Å²) in [7, 11) is 0. The van der Waals surface area contributed by atoms with Gasteiger partial charge in [-0.1, -0.05) is 70.9 Å². The number of hydrogen-bond donors (Lipinski definition) is 2. The Morgan fingerprint density at radius 1 is 1.19 bits per heavy atom. The number of fused-ring (bicyclic) bond motifs is 1. The minimum Gasteiger partial charge on any atom is -0.408 e. The van der Waals surface area contributed by atoms with Crippen molar-refractivity contribution in [3.8, 4) is 6.07 Å². The van der Waals surface area contributed by atoms with Crippen LogP contribution in [-0.4, -0.2) is 47.0 Å². The molecule has 2 aliphatic rings. The minimum absolute atomic E-state index is 0.290. The summed E-state index contributed by atoms with van der Waals surface area (Å²) in [5.41, 5.74) is -0.461. The second kappa shape index (κ2) is 14.1. The summed E-state index contributed by atoms with van der Waals surface area (Å²) in [5.74, 6) is 0.277. The molecule has 8 heteroatoms. The lowest BCUT2D eigenvalue weighted by Gasteiger charge is -2.38. The number of nitrogens with zero attached hydrogens (tertiary/aromatic N) is 3. The number of nitrogens with one attached hydrogen (secondary N) is 2. The average molecular weight is 510 g/mol. The van der Waals surface area contributed by atoms with E-state index in [-0.39, 0.29) is 5.91 Å². The highest BCUT2D eigenvalue weighted by Gasteiger charge is 2.37. The van der Waals surface area contributed by atoms with Gasteiger partial charge in [-0.3, -0.25) is 4.79 Å². The molecule has 4 rings (SSSR count). The maximum absolute atomic E-state index is 12.7. The van der Waals surface area contributed by atoms with Crippen LogP contribution in [0, 0.1) is 17.2 Å². The number of benzene rings is 1. The number of nitriles is 1. The second-order valence-electron chi connectivity index (χ2n) is 10.7. The Morgan fingerprint density at radius 2 is 1.84 bits per heavy atom. The third kappa shape index (κ3) is 8.57. The van der Waals surface area contributed by atoms with Gasteiger partial charge in [0, 0.05) is 13.1 Å². The van der Waals surface area contributed by atoms with Crippen molar-refractivity contribution in [2.45, 2.75) is 96.6 Å². The summed E-state index contributed by atoms with van der Waals surface area (Å²) in [6.45, 7) is 8.78. The first kappa shape index (κ1) is 28.6. The summed E-state index contributed by atoms with van der Waals surface area (Å²) in [5, 5.41) is 16.2. The van der Waals surface area contributed by atoms with E-state index in [9.17, 15) is 14.9 Å². The van der Waals surface area contributed by atoms with Gasteiger partial charge in [-0.25, -0.2) is 4.79 Å². The molecule has 1 aliphatic carbocycles. The largest absolute Gasteiger partial charge is 0.441 e. The van der Waals surface area contributed by atoms with Crippen LogP contribution in [-0.2, 0) is 4.79 Å². The van der Waals surface area contributed by atoms with E-state index < -0.39 is 17.3 Å². The molecule has 202 valence electrons. The third-order valence-electron chi connectivity index (χ3n) is 7.51. The number of aromatic nitrogens is 1. The number of para-hydroxylation sites is 1. The van der Waals surface area contributed by atoms with Crippen molar-refractivity contribution >= 4 is 22.7 Å². The fraction of sp³-hybridized carbons (Fsp3) is 0.655. The van der Waals surface area contributed by atoms with E-state index >= 15 is 0 Å². The Labute approximate surface area is 220 Å². The molecule has 2 heterocycles. The normalized spacial score (nSPS) is 19.4. The standard InChI is InChI=1S/C20H25N5O3.C9H18/c1-3-10-25-11-8-20(13-21,9-12-25)24-18(26)14(2)22-17-15-6-4-5-7-16(15)28-19(27)23-17;1-9-7-5-3-2-4-6-8-9/h4-7,14H,3,8-12H2,1-2H3,(H,24,26)(H,22,23,27);9H,2-8H2,1H3. The molecule has 0 bridgehead atoms. The zero-order chi connectivity index (χ0) is 26.7. The lowest BCUT2D eigenvalue weighted by atomic mass is 9.88. The van der Waals surface area contributed by atoms with E-state index in [1.807, 2.05) is 0 Å².